The van der Waals surface area contributed by atoms with Crippen LogP contribution in [0.3, 0.4) is 0 Å². The first-order valence-corrected chi connectivity index (χ1v) is 15.0. The van der Waals surface area contributed by atoms with Crippen LogP contribution >= 0.6 is 0 Å². The fraction of sp³-hybridized carbons (Fsp3) is 0.613. The lowest BCUT2D eigenvalue weighted by molar-refractivity contribution is -0.156. The Labute approximate surface area is 248 Å². The number of fused-ring (bicyclic) bond motifs is 2. The van der Waals surface area contributed by atoms with Gasteiger partial charge in [0.1, 0.15) is 41.4 Å². The summed E-state index contributed by atoms with van der Waals surface area (Å²) >= 11 is 0. The van der Waals surface area contributed by atoms with Crippen LogP contribution in [0.2, 0.25) is 0 Å². The van der Waals surface area contributed by atoms with Crippen LogP contribution in [0.15, 0.2) is 30.7 Å². The maximum atomic E-state index is 14.7. The monoisotopic (exact) mass is 583 g/mol. The lowest BCUT2D eigenvalue weighted by Crippen LogP contribution is -2.41. The fourth-order valence-corrected chi connectivity index (χ4v) is 5.25. The molecule has 0 spiro atoms. The van der Waals surface area contributed by atoms with Crippen molar-refractivity contribution in [2.75, 3.05) is 50.5 Å². The van der Waals surface area contributed by atoms with Gasteiger partial charge in [-0.3, -0.25) is 0 Å². The molecule has 0 saturated heterocycles. The number of hydrogen-bond donors (Lipinski definition) is 2. The average Bonchev–Trinajstić information content (AvgIpc) is 3.33. The largest absolute Gasteiger partial charge is 0.458 e. The number of carbonyl (C=O) groups is 1. The molecule has 10 nitrogen and oxygen atoms in total. The predicted molar refractivity (Wildman–Crippen MR) is 164 cm³/mol. The second-order valence-corrected chi connectivity index (χ2v) is 12.1. The molecule has 0 amide bonds. The molecule has 3 aromatic heterocycles. The standard InChI is InChI=1S/C31H46FN7O3/c1-31(2,3)42-30(40)26(37-28-25-13-17-38(4)29(25)35-21-34-28)14-18-39(19-23(32)20-41-5)16-7-6-10-24-12-11-22-9-8-15-33-27(22)36-24/h11-13,17,21,23,26H,6-10,14-16,18-20H2,1-5H3,(H,33,36)(H,34,35,37)/t23-,26-/m0/s1. The van der Waals surface area contributed by atoms with Gasteiger partial charge in [0, 0.05) is 45.7 Å². The summed E-state index contributed by atoms with van der Waals surface area (Å²) in [6.45, 7) is 7.98. The second kappa shape index (κ2) is 14.7. The van der Waals surface area contributed by atoms with Crippen LogP contribution in [-0.2, 0) is 34.2 Å². The fourth-order valence-electron chi connectivity index (χ4n) is 5.25. The summed E-state index contributed by atoms with van der Waals surface area (Å²) in [5.41, 5.74) is 2.48. The van der Waals surface area contributed by atoms with E-state index >= 15 is 0 Å². The first kappa shape index (κ1) is 31.6. The van der Waals surface area contributed by atoms with Crippen molar-refractivity contribution >= 4 is 28.6 Å². The number of nitrogens with one attached hydrogen (secondary N) is 2. The van der Waals surface area contributed by atoms with Crippen molar-refractivity contribution in [3.05, 3.63) is 42.0 Å². The molecule has 0 fully saturated rings. The van der Waals surface area contributed by atoms with Crippen LogP contribution in [0.25, 0.3) is 11.0 Å². The molecule has 230 valence electrons. The Bertz CT molecular complexity index is 1310. The third-order valence-electron chi connectivity index (χ3n) is 7.31. The third-order valence-corrected chi connectivity index (χ3v) is 7.31. The van der Waals surface area contributed by atoms with Crippen LogP contribution in [-0.4, -0.2) is 88.1 Å². The summed E-state index contributed by atoms with van der Waals surface area (Å²) in [5.74, 6) is 1.21. The minimum absolute atomic E-state index is 0.0310. The van der Waals surface area contributed by atoms with Crippen LogP contribution in [0.4, 0.5) is 16.0 Å². The third kappa shape index (κ3) is 9.09. The molecule has 0 saturated carbocycles. The number of aryl methyl sites for hydroxylation is 3. The molecule has 0 radical (unpaired) electrons. The topological polar surface area (TPSA) is 106 Å². The molecule has 3 aromatic rings. The van der Waals surface area contributed by atoms with Gasteiger partial charge in [-0.05, 0) is 83.5 Å². The molecular weight excluding hydrogens is 537 g/mol. The Balaban J connectivity index is 1.40. The average molecular weight is 584 g/mol. The maximum absolute atomic E-state index is 14.7. The van der Waals surface area contributed by atoms with Crippen molar-refractivity contribution in [2.45, 2.75) is 77.1 Å². The number of methoxy groups -OCH3 is 1. The number of aromatic nitrogens is 4. The maximum Gasteiger partial charge on any atom is 0.329 e. The van der Waals surface area contributed by atoms with Gasteiger partial charge in [0.2, 0.25) is 0 Å². The molecule has 0 aromatic carbocycles. The number of ether oxygens (including phenoxy) is 2. The molecule has 4 heterocycles. The lowest BCUT2D eigenvalue weighted by atomic mass is 10.1. The number of alkyl halides is 1. The van der Waals surface area contributed by atoms with Gasteiger partial charge in [-0.2, -0.15) is 0 Å². The van der Waals surface area contributed by atoms with Gasteiger partial charge in [0.15, 0.2) is 0 Å². The Kier molecular flexibility index (Phi) is 11.1. The van der Waals surface area contributed by atoms with Crippen molar-refractivity contribution in [1.82, 2.24) is 24.4 Å². The minimum Gasteiger partial charge on any atom is -0.458 e. The van der Waals surface area contributed by atoms with E-state index in [0.717, 1.165) is 61.2 Å². The first-order valence-electron chi connectivity index (χ1n) is 15.0. The highest BCUT2D eigenvalue weighted by atomic mass is 19.1. The summed E-state index contributed by atoms with van der Waals surface area (Å²) in [5, 5.41) is 7.52. The number of nitrogens with zero attached hydrogens (tertiary/aromatic N) is 5. The van der Waals surface area contributed by atoms with Gasteiger partial charge in [-0.15, -0.1) is 0 Å². The van der Waals surface area contributed by atoms with Gasteiger partial charge < -0.3 is 29.6 Å². The number of esters is 1. The summed E-state index contributed by atoms with van der Waals surface area (Å²) in [6.07, 6.45) is 7.58. The highest BCUT2D eigenvalue weighted by Crippen LogP contribution is 2.23. The molecule has 2 N–H and O–H groups in total. The van der Waals surface area contributed by atoms with Crippen LogP contribution in [0.1, 0.15) is 57.7 Å². The lowest BCUT2D eigenvalue weighted by Gasteiger charge is -2.28. The zero-order valence-corrected chi connectivity index (χ0v) is 25.7. The molecule has 0 aliphatic carbocycles. The van der Waals surface area contributed by atoms with E-state index in [0.29, 0.717) is 25.3 Å². The minimum atomic E-state index is -1.12. The number of hydrogen-bond acceptors (Lipinski definition) is 9. The zero-order valence-electron chi connectivity index (χ0n) is 25.7. The molecule has 0 unspecified atom stereocenters. The van der Waals surface area contributed by atoms with E-state index in [9.17, 15) is 9.18 Å². The number of anilines is 2. The number of pyridine rings is 1. The molecule has 0 bridgehead atoms. The number of halogens is 1. The number of unbranched alkanes of at least 4 members (excludes halogenated alkanes) is 1. The molecule has 42 heavy (non-hydrogen) atoms. The molecule has 11 heteroatoms. The highest BCUT2D eigenvalue weighted by molar-refractivity contribution is 5.89. The van der Waals surface area contributed by atoms with Gasteiger partial charge in [0.25, 0.3) is 0 Å². The van der Waals surface area contributed by atoms with E-state index in [1.165, 1.54) is 19.0 Å². The summed E-state index contributed by atoms with van der Waals surface area (Å²) in [4.78, 5) is 28.9. The Morgan fingerprint density at radius 1 is 1.21 bits per heavy atom. The van der Waals surface area contributed by atoms with E-state index < -0.39 is 17.8 Å². The zero-order chi connectivity index (χ0) is 30.1. The van der Waals surface area contributed by atoms with Crippen LogP contribution in [0.5, 0.6) is 0 Å². The molecule has 2 atom stereocenters. The Morgan fingerprint density at radius 3 is 2.83 bits per heavy atom. The van der Waals surface area contributed by atoms with Gasteiger partial charge in [-0.25, -0.2) is 24.1 Å². The van der Waals surface area contributed by atoms with Crippen molar-refractivity contribution in [3.8, 4) is 0 Å². The number of carbonyl (C=O) groups excluding carboxylic acids is 1. The predicted octanol–water partition coefficient (Wildman–Crippen LogP) is 4.54. The molecule has 4 rings (SSSR count). The molecule has 1 aliphatic rings. The van der Waals surface area contributed by atoms with Crippen molar-refractivity contribution in [1.29, 1.82) is 0 Å². The number of rotatable bonds is 15. The van der Waals surface area contributed by atoms with Crippen molar-refractivity contribution in [2.24, 2.45) is 7.05 Å². The van der Waals surface area contributed by atoms with E-state index in [4.69, 9.17) is 14.5 Å². The van der Waals surface area contributed by atoms with E-state index in [1.807, 2.05) is 44.6 Å². The SMILES string of the molecule is COC[C@@H](F)CN(CCCCc1ccc2c(n1)NCCC2)CC[C@H](Nc1ncnc2c1ccn2C)C(=O)OC(C)(C)C. The molecule has 1 aliphatic heterocycles. The van der Waals surface area contributed by atoms with Crippen LogP contribution < -0.4 is 10.6 Å². The quantitative estimate of drug-likeness (QED) is 0.197. The van der Waals surface area contributed by atoms with Gasteiger partial charge in [-0.1, -0.05) is 6.07 Å². The van der Waals surface area contributed by atoms with Gasteiger partial charge >= 0.3 is 5.97 Å². The van der Waals surface area contributed by atoms with E-state index in [-0.39, 0.29) is 19.1 Å². The van der Waals surface area contributed by atoms with Crippen LogP contribution in [0, 0.1) is 0 Å². The van der Waals surface area contributed by atoms with E-state index in [2.05, 4.69) is 37.6 Å². The molecular formula is C31H46FN7O3. The summed E-state index contributed by atoms with van der Waals surface area (Å²) < 4.78 is 27.4. The normalized spacial score (nSPS) is 14.8. The first-order chi connectivity index (χ1) is 20.1. The van der Waals surface area contributed by atoms with Crippen molar-refractivity contribution < 1.29 is 18.7 Å². The highest BCUT2D eigenvalue weighted by Gasteiger charge is 2.27. The van der Waals surface area contributed by atoms with E-state index in [1.54, 1.807) is 0 Å². The summed E-state index contributed by atoms with van der Waals surface area (Å²) in [6, 6.07) is 5.55. The second-order valence-electron chi connectivity index (χ2n) is 12.1. The Morgan fingerprint density at radius 2 is 2.05 bits per heavy atom. The van der Waals surface area contributed by atoms with Crippen molar-refractivity contribution in [3.63, 3.8) is 0 Å². The summed E-state index contributed by atoms with van der Waals surface area (Å²) in [7, 11) is 3.42. The smallest absolute Gasteiger partial charge is 0.329 e. The van der Waals surface area contributed by atoms with Gasteiger partial charge in [0.05, 0.1) is 12.0 Å². The Hall–Kier alpha value is -3.31.